The molecule has 1 aromatic heterocycles. The van der Waals surface area contributed by atoms with E-state index in [4.69, 9.17) is 4.74 Å². The molecule has 1 aliphatic rings. The predicted molar refractivity (Wildman–Crippen MR) is 142 cm³/mol. The maximum Gasteiger partial charge on any atom is 0.310 e. The van der Waals surface area contributed by atoms with Crippen LogP contribution in [0.25, 0.3) is 0 Å². The first-order valence-corrected chi connectivity index (χ1v) is 13.6. The molecule has 10 heteroatoms. The van der Waals surface area contributed by atoms with Gasteiger partial charge in [0.25, 0.3) is 5.91 Å². The zero-order valence-corrected chi connectivity index (χ0v) is 22.8. The lowest BCUT2D eigenvalue weighted by Gasteiger charge is -2.31. The lowest BCUT2D eigenvalue weighted by Crippen LogP contribution is -2.43. The number of rotatable bonds is 10. The van der Waals surface area contributed by atoms with Crippen molar-refractivity contribution < 1.29 is 23.9 Å². The molecule has 0 bridgehead atoms. The van der Waals surface area contributed by atoms with Crippen molar-refractivity contribution in [2.75, 3.05) is 38.1 Å². The Balaban J connectivity index is 1.56. The van der Waals surface area contributed by atoms with Crippen molar-refractivity contribution in [1.29, 1.82) is 0 Å². The number of anilines is 1. The van der Waals surface area contributed by atoms with Crippen LogP contribution < -0.4 is 5.32 Å². The molecule has 9 nitrogen and oxygen atoms in total. The summed E-state index contributed by atoms with van der Waals surface area (Å²) < 4.78 is 5.11. The Morgan fingerprint density at radius 2 is 1.95 bits per heavy atom. The summed E-state index contributed by atoms with van der Waals surface area (Å²) in [6.07, 6.45) is 1.56. The third-order valence-electron chi connectivity index (χ3n) is 6.03. The number of likely N-dealkylation sites (tertiary alicyclic amines) is 1. The van der Waals surface area contributed by atoms with Gasteiger partial charge < -0.3 is 19.9 Å². The highest BCUT2D eigenvalue weighted by Crippen LogP contribution is 2.21. The zero-order valence-electron chi connectivity index (χ0n) is 22.0. The number of hydrogen-bond acceptors (Lipinski definition) is 7. The summed E-state index contributed by atoms with van der Waals surface area (Å²) in [6.45, 7) is 9.34. The first kappa shape index (κ1) is 28.3. The molecule has 1 aromatic carbocycles. The van der Waals surface area contributed by atoms with Gasteiger partial charge in [-0.1, -0.05) is 31.5 Å². The first-order valence-electron chi connectivity index (χ1n) is 12.7. The Morgan fingerprint density at radius 3 is 2.62 bits per heavy atom. The van der Waals surface area contributed by atoms with Gasteiger partial charge >= 0.3 is 5.97 Å². The number of aromatic nitrogens is 1. The number of esters is 1. The van der Waals surface area contributed by atoms with Crippen LogP contribution in [0.2, 0.25) is 0 Å². The molecular weight excluding hydrogens is 492 g/mol. The van der Waals surface area contributed by atoms with Crippen LogP contribution in [0.4, 0.5) is 5.13 Å². The normalized spacial score (nSPS) is 15.4. The van der Waals surface area contributed by atoms with Gasteiger partial charge in [-0.3, -0.25) is 19.2 Å². The van der Waals surface area contributed by atoms with Crippen LogP contribution >= 0.6 is 11.3 Å². The van der Waals surface area contributed by atoms with E-state index in [0.29, 0.717) is 42.6 Å². The molecule has 1 saturated heterocycles. The Hall–Kier alpha value is -3.27. The monoisotopic (exact) mass is 528 g/mol. The quantitative estimate of drug-likeness (QED) is 0.473. The number of amides is 3. The van der Waals surface area contributed by atoms with Crippen molar-refractivity contribution in [3.63, 3.8) is 0 Å². The minimum absolute atomic E-state index is 0.0906. The summed E-state index contributed by atoms with van der Waals surface area (Å²) >= 11 is 1.23. The third kappa shape index (κ3) is 8.38. The molecule has 0 radical (unpaired) electrons. The number of carbonyl (C=O) groups excluding carboxylic acids is 4. The number of aryl methyl sites for hydroxylation is 1. The number of carbonyl (C=O) groups is 4. The Labute approximate surface area is 222 Å². The SMILES string of the molecule is CCOC(=O)C1CCCN(C(=O)Cc2csc(NC(=O)CN(CC(C)C)C(=O)c3ccc(C)cc3)n2)C1. The predicted octanol–water partition coefficient (Wildman–Crippen LogP) is 3.53. The third-order valence-corrected chi connectivity index (χ3v) is 6.84. The average Bonchev–Trinajstić information content (AvgIpc) is 3.29. The van der Waals surface area contributed by atoms with E-state index in [-0.39, 0.29) is 48.5 Å². The zero-order chi connectivity index (χ0) is 26.9. The molecule has 3 rings (SSSR count). The average molecular weight is 529 g/mol. The number of benzene rings is 1. The van der Waals surface area contributed by atoms with E-state index in [1.807, 2.05) is 32.9 Å². The number of nitrogens with zero attached hydrogens (tertiary/aromatic N) is 3. The summed E-state index contributed by atoms with van der Waals surface area (Å²) in [6, 6.07) is 7.29. The van der Waals surface area contributed by atoms with Crippen molar-refractivity contribution in [3.8, 4) is 0 Å². The summed E-state index contributed by atoms with van der Waals surface area (Å²) in [5.41, 5.74) is 2.15. The highest BCUT2D eigenvalue weighted by Gasteiger charge is 2.29. The smallest absolute Gasteiger partial charge is 0.310 e. The minimum Gasteiger partial charge on any atom is -0.466 e. The second kappa shape index (κ2) is 13.3. The van der Waals surface area contributed by atoms with Crippen LogP contribution in [0.3, 0.4) is 0 Å². The van der Waals surface area contributed by atoms with Crippen molar-refractivity contribution in [2.24, 2.45) is 11.8 Å². The van der Waals surface area contributed by atoms with Gasteiger partial charge in [0.05, 0.1) is 24.6 Å². The van der Waals surface area contributed by atoms with Crippen LogP contribution in [0.5, 0.6) is 0 Å². The van der Waals surface area contributed by atoms with E-state index in [0.717, 1.165) is 18.4 Å². The molecule has 2 aromatic rings. The highest BCUT2D eigenvalue weighted by atomic mass is 32.1. The molecule has 1 N–H and O–H groups in total. The summed E-state index contributed by atoms with van der Waals surface area (Å²) in [7, 11) is 0. The van der Waals surface area contributed by atoms with Gasteiger partial charge in [0, 0.05) is 30.6 Å². The first-order chi connectivity index (χ1) is 17.7. The van der Waals surface area contributed by atoms with Gasteiger partial charge in [0.15, 0.2) is 5.13 Å². The lowest BCUT2D eigenvalue weighted by atomic mass is 9.98. The lowest BCUT2D eigenvalue weighted by molar-refractivity contribution is -0.151. The van der Waals surface area contributed by atoms with Crippen LogP contribution in [-0.4, -0.2) is 71.3 Å². The number of ether oxygens (including phenoxy) is 1. The van der Waals surface area contributed by atoms with Gasteiger partial charge in [-0.05, 0) is 44.7 Å². The van der Waals surface area contributed by atoms with Crippen LogP contribution in [0.1, 0.15) is 55.2 Å². The van der Waals surface area contributed by atoms with E-state index in [1.54, 1.807) is 34.2 Å². The van der Waals surface area contributed by atoms with Gasteiger partial charge in [0.2, 0.25) is 11.8 Å². The molecule has 1 unspecified atom stereocenters. The van der Waals surface area contributed by atoms with E-state index < -0.39 is 0 Å². The summed E-state index contributed by atoms with van der Waals surface area (Å²) in [5.74, 6) is -1.01. The summed E-state index contributed by atoms with van der Waals surface area (Å²) in [5, 5.41) is 4.88. The fraction of sp³-hybridized carbons (Fsp3) is 0.519. The van der Waals surface area contributed by atoms with E-state index in [9.17, 15) is 19.2 Å². The maximum atomic E-state index is 13.0. The Bertz CT molecular complexity index is 1100. The number of hydrogen-bond donors (Lipinski definition) is 1. The summed E-state index contributed by atoms with van der Waals surface area (Å²) in [4.78, 5) is 58.3. The highest BCUT2D eigenvalue weighted by molar-refractivity contribution is 7.13. The fourth-order valence-corrected chi connectivity index (χ4v) is 4.97. The largest absolute Gasteiger partial charge is 0.466 e. The molecule has 2 heterocycles. The second-order valence-corrected chi connectivity index (χ2v) is 10.6. The Kier molecular flexibility index (Phi) is 10.2. The van der Waals surface area contributed by atoms with Gasteiger partial charge in [0.1, 0.15) is 6.54 Å². The molecule has 0 saturated carbocycles. The van der Waals surface area contributed by atoms with E-state index in [2.05, 4.69) is 10.3 Å². The van der Waals surface area contributed by atoms with E-state index >= 15 is 0 Å². The molecule has 1 aliphatic heterocycles. The van der Waals surface area contributed by atoms with Gasteiger partial charge in [-0.2, -0.15) is 0 Å². The number of piperidine rings is 1. The van der Waals surface area contributed by atoms with Crippen molar-refractivity contribution >= 4 is 40.2 Å². The fourth-order valence-electron chi connectivity index (χ4n) is 4.24. The molecular formula is C27H36N4O5S. The molecule has 0 aliphatic carbocycles. The number of thiazole rings is 1. The maximum absolute atomic E-state index is 13.0. The van der Waals surface area contributed by atoms with Gasteiger partial charge in [-0.15, -0.1) is 11.3 Å². The van der Waals surface area contributed by atoms with Crippen LogP contribution in [0.15, 0.2) is 29.6 Å². The van der Waals surface area contributed by atoms with Gasteiger partial charge in [-0.25, -0.2) is 4.98 Å². The topological polar surface area (TPSA) is 109 Å². The molecule has 1 atom stereocenters. The van der Waals surface area contributed by atoms with Crippen molar-refractivity contribution in [3.05, 3.63) is 46.5 Å². The van der Waals surface area contributed by atoms with E-state index in [1.165, 1.54) is 11.3 Å². The Morgan fingerprint density at radius 1 is 1.22 bits per heavy atom. The van der Waals surface area contributed by atoms with Crippen LogP contribution in [0, 0.1) is 18.8 Å². The molecule has 1 fully saturated rings. The minimum atomic E-state index is -0.346. The molecule has 200 valence electrons. The van der Waals surface area contributed by atoms with Crippen LogP contribution in [-0.2, 0) is 25.5 Å². The van der Waals surface area contributed by atoms with Crippen molar-refractivity contribution in [2.45, 2.75) is 47.0 Å². The molecule has 0 spiro atoms. The second-order valence-electron chi connectivity index (χ2n) is 9.75. The standard InChI is InChI=1S/C27H36N4O5S/c1-5-36-26(35)21-7-6-12-30(15-21)24(33)13-22-17-37-27(28-22)29-23(32)16-31(14-18(2)3)25(34)20-10-8-19(4)9-11-20/h8-11,17-18,21H,5-7,12-16H2,1-4H3,(H,28,29,32). The number of nitrogens with one attached hydrogen (secondary N) is 1. The molecule has 37 heavy (non-hydrogen) atoms. The molecule has 3 amide bonds. The van der Waals surface area contributed by atoms with Crippen molar-refractivity contribution in [1.82, 2.24) is 14.8 Å².